The van der Waals surface area contributed by atoms with E-state index in [-0.39, 0.29) is 0 Å². The fourth-order valence-electron chi connectivity index (χ4n) is 2.43. The van der Waals surface area contributed by atoms with Gasteiger partial charge in [0.2, 0.25) is 0 Å². The molecule has 2 nitrogen and oxygen atoms in total. The highest BCUT2D eigenvalue weighted by molar-refractivity contribution is 4.84. The molecule has 0 heterocycles. The number of rotatable bonds is 6. The van der Waals surface area contributed by atoms with E-state index >= 15 is 0 Å². The minimum absolute atomic E-state index is 0.359. The Morgan fingerprint density at radius 3 is 2.86 bits per heavy atom. The Kier molecular flexibility index (Phi) is 5.49. The van der Waals surface area contributed by atoms with Gasteiger partial charge in [-0.05, 0) is 32.1 Å². The van der Waals surface area contributed by atoms with Gasteiger partial charge in [-0.1, -0.05) is 26.2 Å². The lowest BCUT2D eigenvalue weighted by molar-refractivity contribution is 0.199. The van der Waals surface area contributed by atoms with Gasteiger partial charge in [0.05, 0.1) is 0 Å². The molecule has 3 unspecified atom stereocenters. The summed E-state index contributed by atoms with van der Waals surface area (Å²) in [5.41, 5.74) is 0. The van der Waals surface area contributed by atoms with E-state index in [0.29, 0.717) is 24.6 Å². The van der Waals surface area contributed by atoms with Gasteiger partial charge in [-0.2, -0.15) is 0 Å². The molecule has 0 aromatic carbocycles. The molecule has 0 amide bonds. The van der Waals surface area contributed by atoms with Crippen LogP contribution in [0.1, 0.15) is 52.4 Å². The molecule has 0 radical (unpaired) electrons. The van der Waals surface area contributed by atoms with Crippen LogP contribution in [0.15, 0.2) is 0 Å². The van der Waals surface area contributed by atoms with E-state index in [0.717, 1.165) is 0 Å². The summed E-state index contributed by atoms with van der Waals surface area (Å²) in [5, 5.41) is 12.8. The van der Waals surface area contributed by atoms with Gasteiger partial charge in [-0.25, -0.2) is 0 Å². The summed E-state index contributed by atoms with van der Waals surface area (Å²) in [6.45, 7) is 4.86. The lowest BCUT2D eigenvalue weighted by Crippen LogP contribution is -2.39. The minimum atomic E-state index is 0.359. The Bertz CT molecular complexity index is 149. The van der Waals surface area contributed by atoms with Crippen molar-refractivity contribution >= 4 is 0 Å². The van der Waals surface area contributed by atoms with Crippen molar-refractivity contribution < 1.29 is 5.11 Å². The van der Waals surface area contributed by atoms with E-state index in [4.69, 9.17) is 0 Å². The summed E-state index contributed by atoms with van der Waals surface area (Å²) >= 11 is 0. The van der Waals surface area contributed by atoms with Crippen LogP contribution in [0, 0.1) is 5.92 Å². The number of hydrogen-bond donors (Lipinski definition) is 2. The minimum Gasteiger partial charge on any atom is -0.396 e. The van der Waals surface area contributed by atoms with Crippen molar-refractivity contribution in [2.24, 2.45) is 5.92 Å². The Hall–Kier alpha value is -0.0800. The van der Waals surface area contributed by atoms with Crippen molar-refractivity contribution in [1.82, 2.24) is 5.32 Å². The summed E-state index contributed by atoms with van der Waals surface area (Å²) in [5.74, 6) is 0.513. The van der Waals surface area contributed by atoms with Crippen molar-refractivity contribution in [2.75, 3.05) is 6.61 Å². The summed E-state index contributed by atoms with van der Waals surface area (Å²) < 4.78 is 0. The smallest absolute Gasteiger partial charge is 0.0474 e. The molecule has 2 N–H and O–H groups in total. The molecule has 0 spiro atoms. The van der Waals surface area contributed by atoms with Crippen molar-refractivity contribution in [1.29, 1.82) is 0 Å². The van der Waals surface area contributed by atoms with Crippen LogP contribution in [-0.4, -0.2) is 23.8 Å². The fourth-order valence-corrected chi connectivity index (χ4v) is 2.43. The number of aliphatic hydroxyl groups is 1. The molecule has 0 aromatic heterocycles. The first kappa shape index (κ1) is 12.0. The molecular formula is C12H25NO. The van der Waals surface area contributed by atoms with Gasteiger partial charge in [0, 0.05) is 18.7 Å². The van der Waals surface area contributed by atoms with Crippen molar-refractivity contribution in [2.45, 2.75) is 64.5 Å². The third kappa shape index (κ3) is 3.58. The van der Waals surface area contributed by atoms with E-state index in [1.807, 2.05) is 0 Å². The number of aliphatic hydroxyl groups excluding tert-OH is 1. The van der Waals surface area contributed by atoms with Crippen LogP contribution < -0.4 is 5.32 Å². The van der Waals surface area contributed by atoms with Gasteiger partial charge in [-0.3, -0.25) is 0 Å². The molecule has 1 aliphatic carbocycles. The van der Waals surface area contributed by atoms with E-state index in [2.05, 4.69) is 19.2 Å². The first-order chi connectivity index (χ1) is 6.77. The Balaban J connectivity index is 2.21. The maximum Gasteiger partial charge on any atom is 0.0474 e. The number of nitrogens with one attached hydrogen (secondary N) is 1. The molecule has 0 aliphatic heterocycles. The maximum atomic E-state index is 9.19. The van der Waals surface area contributed by atoms with Crippen molar-refractivity contribution in [3.05, 3.63) is 0 Å². The lowest BCUT2D eigenvalue weighted by Gasteiger charge is -2.23. The van der Waals surface area contributed by atoms with Gasteiger partial charge in [0.1, 0.15) is 0 Å². The maximum absolute atomic E-state index is 9.19. The average molecular weight is 199 g/mol. The Morgan fingerprint density at radius 2 is 2.21 bits per heavy atom. The van der Waals surface area contributed by atoms with Crippen LogP contribution in [0.25, 0.3) is 0 Å². The summed E-state index contributed by atoms with van der Waals surface area (Å²) in [7, 11) is 0. The molecule has 1 rings (SSSR count). The van der Waals surface area contributed by atoms with E-state index < -0.39 is 0 Å². The molecule has 1 saturated carbocycles. The molecule has 3 atom stereocenters. The van der Waals surface area contributed by atoms with Gasteiger partial charge >= 0.3 is 0 Å². The highest BCUT2D eigenvalue weighted by Crippen LogP contribution is 2.25. The van der Waals surface area contributed by atoms with Crippen LogP contribution in [0.2, 0.25) is 0 Å². The lowest BCUT2D eigenvalue weighted by atomic mass is 10.0. The zero-order valence-electron chi connectivity index (χ0n) is 9.63. The van der Waals surface area contributed by atoms with Crippen LogP contribution in [-0.2, 0) is 0 Å². The summed E-state index contributed by atoms with van der Waals surface area (Å²) in [6, 6.07) is 1.19. The Morgan fingerprint density at radius 1 is 1.43 bits per heavy atom. The number of hydrogen-bond acceptors (Lipinski definition) is 2. The normalized spacial score (nSPS) is 29.4. The van der Waals surface area contributed by atoms with E-state index in [1.165, 1.54) is 38.5 Å². The predicted molar refractivity (Wildman–Crippen MR) is 60.3 cm³/mol. The van der Waals surface area contributed by atoms with Gasteiger partial charge < -0.3 is 10.4 Å². The van der Waals surface area contributed by atoms with Crippen molar-refractivity contribution in [3.63, 3.8) is 0 Å². The average Bonchev–Trinajstić information content (AvgIpc) is 2.62. The zero-order chi connectivity index (χ0) is 10.4. The summed E-state index contributed by atoms with van der Waals surface area (Å²) in [6.07, 6.45) is 7.59. The standard InChI is InChI=1S/C12H25NO/c1-3-4-6-10(2)13-12-8-5-7-11(12)9-14/h10-14H,3-9H2,1-2H3. The molecule has 0 aromatic rings. The monoisotopic (exact) mass is 199 g/mol. The van der Waals surface area contributed by atoms with Gasteiger partial charge in [0.15, 0.2) is 0 Å². The van der Waals surface area contributed by atoms with Gasteiger partial charge in [0.25, 0.3) is 0 Å². The van der Waals surface area contributed by atoms with Crippen molar-refractivity contribution in [3.8, 4) is 0 Å². The molecule has 14 heavy (non-hydrogen) atoms. The molecule has 1 aliphatic rings. The van der Waals surface area contributed by atoms with Crippen LogP contribution in [0.3, 0.4) is 0 Å². The predicted octanol–water partition coefficient (Wildman–Crippen LogP) is 2.32. The topological polar surface area (TPSA) is 32.3 Å². The van der Waals surface area contributed by atoms with E-state index in [1.54, 1.807) is 0 Å². The fraction of sp³-hybridized carbons (Fsp3) is 1.00. The second kappa shape index (κ2) is 6.41. The molecule has 2 heteroatoms. The molecule has 84 valence electrons. The first-order valence-corrected chi connectivity index (χ1v) is 6.14. The molecule has 1 fully saturated rings. The highest BCUT2D eigenvalue weighted by Gasteiger charge is 2.26. The first-order valence-electron chi connectivity index (χ1n) is 6.14. The number of unbranched alkanes of at least 4 members (excludes halogenated alkanes) is 1. The molecule has 0 saturated heterocycles. The molecular weight excluding hydrogens is 174 g/mol. The third-order valence-electron chi connectivity index (χ3n) is 3.38. The molecule has 0 bridgehead atoms. The van der Waals surface area contributed by atoms with Crippen LogP contribution in [0.4, 0.5) is 0 Å². The highest BCUT2D eigenvalue weighted by atomic mass is 16.3. The van der Waals surface area contributed by atoms with E-state index in [9.17, 15) is 5.11 Å². The largest absolute Gasteiger partial charge is 0.396 e. The quantitative estimate of drug-likeness (QED) is 0.688. The zero-order valence-corrected chi connectivity index (χ0v) is 9.63. The van der Waals surface area contributed by atoms with Crippen LogP contribution >= 0.6 is 0 Å². The SMILES string of the molecule is CCCCC(C)NC1CCCC1CO. The second-order valence-electron chi connectivity index (χ2n) is 4.69. The van der Waals surface area contributed by atoms with Gasteiger partial charge in [-0.15, -0.1) is 0 Å². The third-order valence-corrected chi connectivity index (χ3v) is 3.38. The second-order valence-corrected chi connectivity index (χ2v) is 4.69. The summed E-state index contributed by atoms with van der Waals surface area (Å²) in [4.78, 5) is 0. The Labute approximate surface area is 88.1 Å². The van der Waals surface area contributed by atoms with Crippen LogP contribution in [0.5, 0.6) is 0 Å².